The van der Waals surface area contributed by atoms with Crippen molar-refractivity contribution in [1.82, 2.24) is 10.3 Å². The Bertz CT molecular complexity index is 819. The van der Waals surface area contributed by atoms with Crippen molar-refractivity contribution in [1.29, 1.82) is 0 Å². The van der Waals surface area contributed by atoms with Crippen LogP contribution in [0.5, 0.6) is 5.75 Å². The number of methoxy groups -OCH3 is 1. The number of carbonyl (C=O) groups excluding carboxylic acids is 2. The van der Waals surface area contributed by atoms with Crippen molar-refractivity contribution in [2.45, 2.75) is 13.0 Å². The van der Waals surface area contributed by atoms with Crippen LogP contribution in [0.15, 0.2) is 41.3 Å². The smallest absolute Gasteiger partial charge is 0.307 e. The second-order valence-electron chi connectivity index (χ2n) is 5.08. The lowest BCUT2D eigenvalue weighted by Crippen LogP contribution is -2.28. The lowest BCUT2D eigenvalue weighted by molar-refractivity contribution is -0.140. The van der Waals surface area contributed by atoms with Gasteiger partial charge in [0.25, 0.3) is 5.91 Å². The highest BCUT2D eigenvalue weighted by molar-refractivity contribution is 6.30. The van der Waals surface area contributed by atoms with Crippen LogP contribution in [-0.2, 0) is 16.1 Å². The highest BCUT2D eigenvalue weighted by Gasteiger charge is 2.10. The van der Waals surface area contributed by atoms with Gasteiger partial charge >= 0.3 is 5.97 Å². The molecular formula is C17H17ClN2O5. The van der Waals surface area contributed by atoms with E-state index in [2.05, 4.69) is 15.0 Å². The Morgan fingerprint density at radius 3 is 2.76 bits per heavy atom. The van der Waals surface area contributed by atoms with Crippen molar-refractivity contribution < 1.29 is 19.1 Å². The molecule has 0 radical (unpaired) electrons. The molecule has 0 saturated carbocycles. The van der Waals surface area contributed by atoms with Crippen molar-refractivity contribution in [3.63, 3.8) is 0 Å². The van der Waals surface area contributed by atoms with Gasteiger partial charge in [-0.1, -0.05) is 23.7 Å². The van der Waals surface area contributed by atoms with E-state index in [0.717, 1.165) is 11.6 Å². The molecule has 8 heteroatoms. The zero-order chi connectivity index (χ0) is 18.2. The van der Waals surface area contributed by atoms with Gasteiger partial charge in [0.15, 0.2) is 5.75 Å². The predicted molar refractivity (Wildman–Crippen MR) is 91.8 cm³/mol. The van der Waals surface area contributed by atoms with Gasteiger partial charge in [0.05, 0.1) is 13.5 Å². The van der Waals surface area contributed by atoms with Crippen LogP contribution in [-0.4, -0.2) is 30.5 Å². The summed E-state index contributed by atoms with van der Waals surface area (Å²) in [7, 11) is 1.27. The summed E-state index contributed by atoms with van der Waals surface area (Å²) in [6, 6.07) is 8.22. The second kappa shape index (κ2) is 8.89. The highest BCUT2D eigenvalue weighted by Crippen LogP contribution is 2.12. The van der Waals surface area contributed by atoms with Crippen LogP contribution < -0.4 is 15.5 Å². The Balaban J connectivity index is 1.94. The third kappa shape index (κ3) is 5.65. The van der Waals surface area contributed by atoms with Gasteiger partial charge in [0.2, 0.25) is 5.43 Å². The van der Waals surface area contributed by atoms with Crippen LogP contribution in [0.4, 0.5) is 0 Å². The normalized spacial score (nSPS) is 10.2. The van der Waals surface area contributed by atoms with E-state index in [1.165, 1.54) is 13.3 Å². The minimum Gasteiger partial charge on any atom is -0.483 e. The third-order valence-electron chi connectivity index (χ3n) is 3.25. The molecule has 7 nitrogen and oxygen atoms in total. The SMILES string of the molecule is COC(=O)CCNC(=O)c1cc(=O)c(OCc2cccc(Cl)c2)c[nH]1. The van der Waals surface area contributed by atoms with E-state index >= 15 is 0 Å². The van der Waals surface area contributed by atoms with Gasteiger partial charge < -0.3 is 19.8 Å². The summed E-state index contributed by atoms with van der Waals surface area (Å²) >= 11 is 5.89. The summed E-state index contributed by atoms with van der Waals surface area (Å²) in [5.41, 5.74) is 0.459. The fraction of sp³-hybridized carbons (Fsp3) is 0.235. The van der Waals surface area contributed by atoms with Gasteiger partial charge in [0, 0.05) is 23.8 Å². The maximum Gasteiger partial charge on any atom is 0.307 e. The molecule has 0 aliphatic heterocycles. The van der Waals surface area contributed by atoms with E-state index in [-0.39, 0.29) is 31.0 Å². The van der Waals surface area contributed by atoms with Crippen molar-refractivity contribution >= 4 is 23.5 Å². The number of benzene rings is 1. The highest BCUT2D eigenvalue weighted by atomic mass is 35.5. The van der Waals surface area contributed by atoms with E-state index in [1.54, 1.807) is 18.2 Å². The summed E-state index contributed by atoms with van der Waals surface area (Å²) in [6.07, 6.45) is 1.37. The van der Waals surface area contributed by atoms with E-state index in [9.17, 15) is 14.4 Å². The van der Waals surface area contributed by atoms with Crippen molar-refractivity contribution in [3.8, 4) is 5.75 Å². The van der Waals surface area contributed by atoms with Crippen LogP contribution in [0, 0.1) is 0 Å². The van der Waals surface area contributed by atoms with E-state index in [4.69, 9.17) is 16.3 Å². The molecule has 2 N–H and O–H groups in total. The largest absolute Gasteiger partial charge is 0.483 e. The number of carbonyl (C=O) groups is 2. The van der Waals surface area contributed by atoms with Crippen LogP contribution in [0.3, 0.4) is 0 Å². The fourth-order valence-electron chi connectivity index (χ4n) is 1.97. The number of H-pyrrole nitrogens is 1. The number of aromatic amines is 1. The predicted octanol–water partition coefficient (Wildman–Crippen LogP) is 1.90. The molecule has 132 valence electrons. The van der Waals surface area contributed by atoms with Crippen LogP contribution >= 0.6 is 11.6 Å². The molecule has 0 unspecified atom stereocenters. The number of hydrogen-bond acceptors (Lipinski definition) is 5. The zero-order valence-electron chi connectivity index (χ0n) is 13.5. The number of hydrogen-bond donors (Lipinski definition) is 2. The van der Waals surface area contributed by atoms with E-state index in [0.29, 0.717) is 5.02 Å². The molecule has 2 aromatic rings. The molecule has 1 heterocycles. The number of aromatic nitrogens is 1. The van der Waals surface area contributed by atoms with Crippen LogP contribution in [0.2, 0.25) is 5.02 Å². The minimum absolute atomic E-state index is 0.0489. The Morgan fingerprint density at radius 1 is 1.28 bits per heavy atom. The Morgan fingerprint density at radius 2 is 2.08 bits per heavy atom. The minimum atomic E-state index is -0.498. The molecule has 0 fully saturated rings. The second-order valence-corrected chi connectivity index (χ2v) is 5.51. The average Bonchev–Trinajstić information content (AvgIpc) is 2.60. The van der Waals surface area contributed by atoms with Crippen molar-refractivity contribution in [2.75, 3.05) is 13.7 Å². The van der Waals surface area contributed by atoms with Gasteiger partial charge in [-0.15, -0.1) is 0 Å². The molecule has 0 spiro atoms. The quantitative estimate of drug-likeness (QED) is 0.731. The number of rotatable bonds is 7. The van der Waals surface area contributed by atoms with Crippen LogP contribution in [0.25, 0.3) is 0 Å². The van der Waals surface area contributed by atoms with Gasteiger partial charge in [-0.3, -0.25) is 14.4 Å². The number of pyridine rings is 1. The van der Waals surface area contributed by atoms with Crippen molar-refractivity contribution in [3.05, 3.63) is 63.0 Å². The van der Waals surface area contributed by atoms with E-state index in [1.807, 2.05) is 6.07 Å². The Labute approximate surface area is 148 Å². The standard InChI is InChI=1S/C17H17ClN2O5/c1-24-16(22)5-6-19-17(23)13-8-14(21)15(9-20-13)25-10-11-3-2-4-12(18)7-11/h2-4,7-9H,5-6,10H2,1H3,(H,19,23)(H,20,21). The van der Waals surface area contributed by atoms with Crippen LogP contribution in [0.1, 0.15) is 22.5 Å². The van der Waals surface area contributed by atoms with Gasteiger partial charge in [-0.05, 0) is 17.7 Å². The fourth-order valence-corrected chi connectivity index (χ4v) is 2.18. The molecule has 0 bridgehead atoms. The molecule has 1 aromatic carbocycles. The summed E-state index contributed by atoms with van der Waals surface area (Å²) in [4.78, 5) is 37.6. The summed E-state index contributed by atoms with van der Waals surface area (Å²) < 4.78 is 9.91. The zero-order valence-corrected chi connectivity index (χ0v) is 14.3. The summed E-state index contributed by atoms with van der Waals surface area (Å²) in [5.74, 6) is -0.841. The summed E-state index contributed by atoms with van der Waals surface area (Å²) in [6.45, 7) is 0.287. The first kappa shape index (κ1) is 18.5. The molecule has 1 aromatic heterocycles. The number of nitrogens with one attached hydrogen (secondary N) is 2. The number of esters is 1. The molecule has 0 atom stereocenters. The molecular weight excluding hydrogens is 348 g/mol. The lowest BCUT2D eigenvalue weighted by Gasteiger charge is -2.08. The topological polar surface area (TPSA) is 97.5 Å². The first-order valence-corrected chi connectivity index (χ1v) is 7.82. The molecule has 0 saturated heterocycles. The number of halogens is 1. The lowest BCUT2D eigenvalue weighted by atomic mass is 10.2. The Kier molecular flexibility index (Phi) is 6.59. The van der Waals surface area contributed by atoms with Gasteiger partial charge in [-0.2, -0.15) is 0 Å². The third-order valence-corrected chi connectivity index (χ3v) is 3.48. The molecule has 25 heavy (non-hydrogen) atoms. The maximum absolute atomic E-state index is 12.0. The number of amides is 1. The first-order valence-electron chi connectivity index (χ1n) is 7.44. The molecule has 0 aliphatic rings. The molecule has 1 amide bonds. The van der Waals surface area contributed by atoms with Gasteiger partial charge in [0.1, 0.15) is 12.3 Å². The molecule has 2 rings (SSSR count). The van der Waals surface area contributed by atoms with E-state index < -0.39 is 17.3 Å². The maximum atomic E-state index is 12.0. The summed E-state index contributed by atoms with van der Waals surface area (Å²) in [5, 5.41) is 3.09. The molecule has 0 aliphatic carbocycles. The van der Waals surface area contributed by atoms with Crippen molar-refractivity contribution in [2.24, 2.45) is 0 Å². The average molecular weight is 365 g/mol. The van der Waals surface area contributed by atoms with Gasteiger partial charge in [-0.25, -0.2) is 0 Å². The number of ether oxygens (including phenoxy) is 2. The first-order chi connectivity index (χ1) is 12.0. The Hall–Kier alpha value is -2.80. The monoisotopic (exact) mass is 364 g/mol.